The third kappa shape index (κ3) is 4.30. The zero-order valence-electron chi connectivity index (χ0n) is 22.8. The van der Waals surface area contributed by atoms with Crippen LogP contribution in [-0.2, 0) is 21.2 Å². The first kappa shape index (κ1) is 25.9. The summed E-state index contributed by atoms with van der Waals surface area (Å²) in [6, 6.07) is 13.8. The number of halogens is 1. The third-order valence-corrected chi connectivity index (χ3v) is 11.2. The Morgan fingerprint density at radius 1 is 1.00 bits per heavy atom. The molecule has 210 valence electrons. The molecule has 7 nitrogen and oxygen atoms in total. The highest BCUT2D eigenvalue weighted by atomic mass is 32.2. The second kappa shape index (κ2) is 9.82. The summed E-state index contributed by atoms with van der Waals surface area (Å²) in [5, 5.41) is 4.66. The molecule has 0 amide bonds. The molecule has 2 atom stereocenters. The topological polar surface area (TPSA) is 67.7 Å². The van der Waals surface area contributed by atoms with E-state index in [0.29, 0.717) is 36.7 Å². The van der Waals surface area contributed by atoms with Gasteiger partial charge in [-0.25, -0.2) is 17.5 Å². The number of aromatic nitrogens is 2. The van der Waals surface area contributed by atoms with Crippen molar-refractivity contribution >= 4 is 21.8 Å². The van der Waals surface area contributed by atoms with Gasteiger partial charge in [-0.3, -0.25) is 0 Å². The van der Waals surface area contributed by atoms with Gasteiger partial charge in [0, 0.05) is 44.4 Å². The van der Waals surface area contributed by atoms with Crippen molar-refractivity contribution < 1.29 is 17.5 Å². The largest absolute Gasteiger partial charge is 0.380 e. The molecular weight excluding hydrogens is 527 g/mol. The standard InChI is InChI=1S/C31H35FN4O3S/c1-39-30(22-4-5-22)31-19-23-20-33-36(27-8-6-25(32)7-9-27)29(23)18-24(31)14-17-35(21-31)40(37,38)28-12-10-26(11-13-28)34-15-2-3-16-34/h6-13,18,20,22,30H,2-5,14-17,19,21H2,1H3/t30?,31-/m0/s1. The Kier molecular flexibility index (Phi) is 6.36. The number of fused-ring (bicyclic) bond motifs is 2. The summed E-state index contributed by atoms with van der Waals surface area (Å²) in [5.41, 5.74) is 4.69. The number of rotatable bonds is 7. The van der Waals surface area contributed by atoms with Gasteiger partial charge >= 0.3 is 0 Å². The smallest absolute Gasteiger partial charge is 0.243 e. The van der Waals surface area contributed by atoms with E-state index in [4.69, 9.17) is 4.74 Å². The number of ether oxygens (including phenoxy) is 1. The lowest BCUT2D eigenvalue weighted by Crippen LogP contribution is -2.55. The number of benzene rings is 2. The van der Waals surface area contributed by atoms with Gasteiger partial charge in [-0.2, -0.15) is 9.40 Å². The molecule has 2 aliphatic carbocycles. The van der Waals surface area contributed by atoms with E-state index < -0.39 is 15.4 Å². The SMILES string of the molecule is COC(C1CC1)[C@]12Cc3cnn(-c4ccc(F)cc4)c3C=C1CCN(S(=O)(=O)c1ccc(N3CCCC3)cc1)C2. The highest BCUT2D eigenvalue weighted by molar-refractivity contribution is 7.89. The Morgan fingerprint density at radius 3 is 2.38 bits per heavy atom. The van der Waals surface area contributed by atoms with Crippen LogP contribution < -0.4 is 4.90 Å². The molecular formula is C31H35FN4O3S. The monoisotopic (exact) mass is 562 g/mol. The summed E-state index contributed by atoms with van der Waals surface area (Å²) in [6.07, 6.45) is 9.83. The van der Waals surface area contributed by atoms with E-state index in [9.17, 15) is 12.8 Å². The van der Waals surface area contributed by atoms with Crippen molar-refractivity contribution in [3.8, 4) is 5.69 Å². The first-order valence-electron chi connectivity index (χ1n) is 14.3. The Bertz CT molecular complexity index is 1540. The first-order valence-corrected chi connectivity index (χ1v) is 15.7. The molecule has 9 heteroatoms. The van der Waals surface area contributed by atoms with Gasteiger partial charge in [-0.1, -0.05) is 5.57 Å². The molecule has 1 saturated carbocycles. The highest BCUT2D eigenvalue weighted by Crippen LogP contribution is 2.53. The minimum Gasteiger partial charge on any atom is -0.380 e. The lowest BCUT2D eigenvalue weighted by atomic mass is 9.64. The van der Waals surface area contributed by atoms with E-state index in [0.717, 1.165) is 48.6 Å². The Balaban J connectivity index is 1.23. The van der Waals surface area contributed by atoms with Crippen LogP contribution in [0.15, 0.2) is 65.2 Å². The molecule has 1 unspecified atom stereocenters. The fourth-order valence-electron chi connectivity index (χ4n) is 7.15. The molecule has 2 aliphatic heterocycles. The number of sulfonamides is 1. The molecule has 7 rings (SSSR count). The average molecular weight is 563 g/mol. The van der Waals surface area contributed by atoms with Crippen molar-refractivity contribution in [3.05, 3.63) is 77.4 Å². The van der Waals surface area contributed by atoms with Crippen LogP contribution in [0.4, 0.5) is 10.1 Å². The molecule has 2 aromatic carbocycles. The van der Waals surface area contributed by atoms with Gasteiger partial charge in [-0.15, -0.1) is 0 Å². The molecule has 3 heterocycles. The van der Waals surface area contributed by atoms with Crippen molar-refractivity contribution in [2.24, 2.45) is 11.3 Å². The van der Waals surface area contributed by atoms with Gasteiger partial charge in [0.05, 0.1) is 28.6 Å². The van der Waals surface area contributed by atoms with Crippen LogP contribution in [0.1, 0.15) is 43.4 Å². The molecule has 1 aromatic heterocycles. The Morgan fingerprint density at radius 2 is 1.70 bits per heavy atom. The molecule has 4 aliphatic rings. The number of piperidine rings is 1. The summed E-state index contributed by atoms with van der Waals surface area (Å²) in [7, 11) is -1.92. The quantitative estimate of drug-likeness (QED) is 0.403. The molecule has 0 bridgehead atoms. The van der Waals surface area contributed by atoms with E-state index >= 15 is 0 Å². The van der Waals surface area contributed by atoms with Crippen LogP contribution in [0.5, 0.6) is 0 Å². The van der Waals surface area contributed by atoms with Crippen LogP contribution in [0, 0.1) is 17.2 Å². The minimum atomic E-state index is -3.68. The van der Waals surface area contributed by atoms with Gasteiger partial charge < -0.3 is 9.64 Å². The normalized spacial score (nSPS) is 23.9. The minimum absolute atomic E-state index is 0.0726. The average Bonchev–Trinajstić information content (AvgIpc) is 3.48. The summed E-state index contributed by atoms with van der Waals surface area (Å²) in [4.78, 5) is 2.66. The maximum atomic E-state index is 14.0. The van der Waals surface area contributed by atoms with Gasteiger partial charge in [0.15, 0.2) is 0 Å². The second-order valence-electron chi connectivity index (χ2n) is 11.7. The van der Waals surface area contributed by atoms with E-state index in [1.165, 1.54) is 30.5 Å². The zero-order chi connectivity index (χ0) is 27.5. The number of anilines is 1. The molecule has 0 radical (unpaired) electrons. The fraction of sp³-hybridized carbons (Fsp3) is 0.452. The van der Waals surface area contributed by atoms with Crippen LogP contribution in [0.25, 0.3) is 11.8 Å². The summed E-state index contributed by atoms with van der Waals surface area (Å²) >= 11 is 0. The van der Waals surface area contributed by atoms with Gasteiger partial charge in [-0.05, 0) is 105 Å². The molecule has 3 aromatic rings. The number of hydrogen-bond acceptors (Lipinski definition) is 5. The Hall–Kier alpha value is -3.01. The van der Waals surface area contributed by atoms with E-state index in [-0.39, 0.29) is 11.9 Å². The summed E-state index contributed by atoms with van der Waals surface area (Å²) in [6.45, 7) is 2.85. The summed E-state index contributed by atoms with van der Waals surface area (Å²) < 4.78 is 51.3. The van der Waals surface area contributed by atoms with Crippen LogP contribution in [0.3, 0.4) is 0 Å². The molecule has 0 spiro atoms. The fourth-order valence-corrected chi connectivity index (χ4v) is 8.66. The Labute approximate surface area is 235 Å². The third-order valence-electron chi connectivity index (χ3n) is 9.30. The van der Waals surface area contributed by atoms with E-state index in [1.54, 1.807) is 35.7 Å². The summed E-state index contributed by atoms with van der Waals surface area (Å²) in [5.74, 6) is 0.137. The van der Waals surface area contributed by atoms with Crippen molar-refractivity contribution in [1.29, 1.82) is 0 Å². The van der Waals surface area contributed by atoms with E-state index in [2.05, 4.69) is 16.1 Å². The van der Waals surface area contributed by atoms with E-state index in [1.807, 2.05) is 23.0 Å². The molecule has 2 saturated heterocycles. The van der Waals surface area contributed by atoms with Gasteiger partial charge in [0.1, 0.15) is 5.82 Å². The maximum absolute atomic E-state index is 14.0. The first-order chi connectivity index (χ1) is 19.4. The number of nitrogens with zero attached hydrogens (tertiary/aromatic N) is 4. The number of hydrogen-bond donors (Lipinski definition) is 0. The predicted octanol–water partition coefficient (Wildman–Crippen LogP) is 5.06. The van der Waals surface area contributed by atoms with Gasteiger partial charge in [0.25, 0.3) is 0 Å². The van der Waals surface area contributed by atoms with Crippen LogP contribution in [-0.4, -0.2) is 61.9 Å². The van der Waals surface area contributed by atoms with Crippen molar-refractivity contribution in [2.75, 3.05) is 38.2 Å². The van der Waals surface area contributed by atoms with Crippen molar-refractivity contribution in [2.45, 2.75) is 49.5 Å². The molecule has 3 fully saturated rings. The zero-order valence-corrected chi connectivity index (χ0v) is 23.6. The van der Waals surface area contributed by atoms with Crippen molar-refractivity contribution in [3.63, 3.8) is 0 Å². The highest BCUT2D eigenvalue weighted by Gasteiger charge is 2.54. The lowest BCUT2D eigenvalue weighted by Gasteiger charge is -2.50. The lowest BCUT2D eigenvalue weighted by molar-refractivity contribution is -0.0260. The van der Waals surface area contributed by atoms with Crippen molar-refractivity contribution in [1.82, 2.24) is 14.1 Å². The predicted molar refractivity (Wildman–Crippen MR) is 152 cm³/mol. The molecule has 0 N–H and O–H groups in total. The van der Waals surface area contributed by atoms with Crippen LogP contribution >= 0.6 is 0 Å². The second-order valence-corrected chi connectivity index (χ2v) is 13.7. The molecule has 40 heavy (non-hydrogen) atoms. The number of methoxy groups -OCH3 is 1. The maximum Gasteiger partial charge on any atom is 0.243 e. The van der Waals surface area contributed by atoms with Crippen LogP contribution in [0.2, 0.25) is 0 Å². The van der Waals surface area contributed by atoms with Gasteiger partial charge in [0.2, 0.25) is 10.0 Å².